The standard InChI is InChI=1S/C73H118N4O19P2.2Na.11H2.2H/c1-6-11-16-21-24-27-30-35-39-44-66(79)56-71(83)76-63(59-90-52-48-65(78)43-38-33-19-14-9-4)61-94-97(86,87)92-54-50-74-69(81)58-70(82)75-51-55-93-98(88,89)95-62-64(77-72(84)57-67(80)45-40-36-31-28-25-22-17-12-7-2)60-91-53-49-68(46-41-34-20-15-10-5)96-73(85)47-42-37-32-29-26-23-18-13-8-3;;;;;;;;;;;;;;;/h29,32,63-65,68,78H,6,8-11,13-16,18-21,23-24,26-27,30,33-35,37-39,41-44,46-62H2,1-5H3,(H,74,81)(H,75,82)(H,76,83)(H,77,84)(H,86,87)(H,88,89);;;11*1H;;/q;2*+1;;;;;;;;;;;;2*-1/b32-29-;;;;;;;;;;;;;;;/t63?,64?,65-,68-;;;;;;;;;;;;;;;/m1.............../s1. The molecule has 4 unspecified atom stereocenters. The van der Waals surface area contributed by atoms with Gasteiger partial charge in [0.1, 0.15) is 18.3 Å². The first kappa shape index (κ1) is 101. The molecule has 27 heteroatoms. The Labute approximate surface area is 662 Å². The summed E-state index contributed by atoms with van der Waals surface area (Å²) in [6.07, 6.45) is 31.0. The molecule has 4 amide bonds. The molecule has 0 saturated carbocycles. The third kappa shape index (κ3) is 68.7. The number of carbonyl (C=O) groups excluding carboxylic acids is 7. The van der Waals surface area contributed by atoms with E-state index < -0.39 is 109 Å². The van der Waals surface area contributed by atoms with Crippen LogP contribution in [0.2, 0.25) is 0 Å². The Kier molecular flexibility index (Phi) is 71.3. The molecule has 0 fully saturated rings. The van der Waals surface area contributed by atoms with Gasteiger partial charge in [-0.05, 0) is 118 Å². The van der Waals surface area contributed by atoms with Crippen molar-refractivity contribution < 1.29 is 168 Å². The minimum atomic E-state index is -4.87. The number of ether oxygens (including phenoxy) is 3. The van der Waals surface area contributed by atoms with Gasteiger partial charge in [0.2, 0.25) is 29.4 Å². The van der Waals surface area contributed by atoms with Crippen molar-refractivity contribution in [1.82, 2.24) is 21.3 Å². The van der Waals surface area contributed by atoms with Gasteiger partial charge in [0, 0.05) is 54.7 Å². The summed E-state index contributed by atoms with van der Waals surface area (Å²) in [5.41, 5.74) is 0. The number of unbranched alkanes of at least 4 members (excludes halogenated alkanes) is 21. The van der Waals surface area contributed by atoms with Crippen molar-refractivity contribution >= 4 is 56.8 Å². The minimum Gasteiger partial charge on any atom is -1.00 e. The number of hydrogen-bond acceptors (Lipinski definition) is 17. The predicted octanol–water partition coefficient (Wildman–Crippen LogP) is 8.16. The summed E-state index contributed by atoms with van der Waals surface area (Å²) < 4.78 is 63.8. The van der Waals surface area contributed by atoms with Crippen LogP contribution in [-0.4, -0.2) is 146 Å². The SMILES string of the molecule is CC#CC#CC#CC#CC#CC(=O)CC(=O)NC(COCC[C@@H](CCCCCCC)OC(=O)CCC/C=C\CCCCCC)COP(=O)(O)OCCNC(=O)CC(=O)NCCOP(=O)(O)OCC(COCC[C@H](O)CCCCCCC)NC(=O)CC(=O)CCCCCCCCCCC.[H-].[H-].[HH].[HH].[HH].[HH].[HH].[HH].[HH].[HH].[HH].[HH].[HH].[Na+].[Na+]. The van der Waals surface area contributed by atoms with Crippen LogP contribution < -0.4 is 80.4 Å². The van der Waals surface area contributed by atoms with E-state index in [2.05, 4.69) is 120 Å². The van der Waals surface area contributed by atoms with Crippen LogP contribution in [0.15, 0.2) is 12.2 Å². The summed E-state index contributed by atoms with van der Waals surface area (Å²) in [6, 6.07) is -2.08. The van der Waals surface area contributed by atoms with Gasteiger partial charge in [0.15, 0.2) is 0 Å². The van der Waals surface area contributed by atoms with Gasteiger partial charge in [-0.2, -0.15) is 0 Å². The maximum Gasteiger partial charge on any atom is 1.00 e. The number of rotatable bonds is 64. The zero-order valence-electron chi connectivity index (χ0n) is 63.6. The molecule has 0 aliphatic carbocycles. The van der Waals surface area contributed by atoms with Gasteiger partial charge in [0.05, 0.1) is 77.3 Å². The number of aliphatic hydroxyl groups is 1. The number of phosphoric ester groups is 2. The van der Waals surface area contributed by atoms with E-state index in [1.165, 1.54) is 44.9 Å². The quantitative estimate of drug-likeness (QED) is 0.00441. The Bertz CT molecular complexity index is 2760. The van der Waals surface area contributed by atoms with E-state index in [1.807, 2.05) is 0 Å². The van der Waals surface area contributed by atoms with Gasteiger partial charge in [0.25, 0.3) is 0 Å². The summed E-state index contributed by atoms with van der Waals surface area (Å²) in [7, 11) is -9.66. The van der Waals surface area contributed by atoms with Crippen molar-refractivity contribution in [1.29, 1.82) is 0 Å². The fourth-order valence-corrected chi connectivity index (χ4v) is 11.0. The Hall–Kier alpha value is -3.67. The summed E-state index contributed by atoms with van der Waals surface area (Å²) in [6.45, 7) is 7.03. The van der Waals surface area contributed by atoms with E-state index >= 15 is 0 Å². The number of amides is 4. The van der Waals surface area contributed by atoms with E-state index in [9.17, 15) is 57.6 Å². The monoisotopic (exact) mass is 1490 g/mol. The molecule has 0 bridgehead atoms. The summed E-state index contributed by atoms with van der Waals surface area (Å²) >= 11 is 0. The third-order valence-corrected chi connectivity index (χ3v) is 16.8. The Morgan fingerprint density at radius 1 is 0.460 bits per heavy atom. The first-order valence-corrected chi connectivity index (χ1v) is 38.8. The number of Topliss-reactive ketones (excluding diaryl/α,β-unsaturated/α-hetero) is 2. The second kappa shape index (κ2) is 71.0. The topological polar surface area (TPSA) is 327 Å². The van der Waals surface area contributed by atoms with Crippen LogP contribution >= 0.6 is 15.6 Å². The molecule has 100 heavy (non-hydrogen) atoms. The molecular weight excluding hydrogens is 1340 g/mol. The van der Waals surface area contributed by atoms with Crippen LogP contribution in [0.25, 0.3) is 0 Å². The normalized spacial score (nSPS) is 13.0. The molecule has 0 rings (SSSR count). The molecule has 7 N–H and O–H groups in total. The number of allylic oxidation sites excluding steroid dienone is 2. The van der Waals surface area contributed by atoms with Crippen molar-refractivity contribution in [3.8, 4) is 59.2 Å². The second-order valence-electron chi connectivity index (χ2n) is 24.0. The largest absolute Gasteiger partial charge is 1.00 e. The minimum absolute atomic E-state index is 0. The molecule has 0 aliphatic heterocycles. The van der Waals surface area contributed by atoms with E-state index in [4.69, 9.17) is 32.3 Å². The summed E-state index contributed by atoms with van der Waals surface area (Å²) in [5, 5.41) is 20.3. The first-order chi connectivity index (χ1) is 47.3. The zero-order valence-corrected chi connectivity index (χ0v) is 67.3. The number of phosphoric acid groups is 2. The summed E-state index contributed by atoms with van der Waals surface area (Å²) in [5.74, 6) is 19.9. The fourth-order valence-electron chi connectivity index (χ4n) is 9.46. The Morgan fingerprint density at radius 3 is 1.40 bits per heavy atom. The van der Waals surface area contributed by atoms with Gasteiger partial charge in [-0.1, -0.05) is 174 Å². The fraction of sp³-hybridized carbons (Fsp3) is 0.740. The van der Waals surface area contributed by atoms with Crippen LogP contribution in [0.1, 0.15) is 278 Å². The molecule has 0 radical (unpaired) electrons. The third-order valence-electron chi connectivity index (χ3n) is 14.8. The van der Waals surface area contributed by atoms with E-state index in [-0.39, 0.29) is 148 Å². The van der Waals surface area contributed by atoms with E-state index in [1.54, 1.807) is 6.92 Å². The van der Waals surface area contributed by atoms with Crippen molar-refractivity contribution in [2.24, 2.45) is 0 Å². The summed E-state index contributed by atoms with van der Waals surface area (Å²) in [4.78, 5) is 110. The molecular formula is C73H142N4Na2O19P2. The van der Waals surface area contributed by atoms with Gasteiger partial charge < -0.3 is 53.2 Å². The van der Waals surface area contributed by atoms with Crippen molar-refractivity contribution in [3.63, 3.8) is 0 Å². The van der Waals surface area contributed by atoms with Gasteiger partial charge in [-0.25, -0.2) is 9.13 Å². The van der Waals surface area contributed by atoms with E-state index in [0.29, 0.717) is 38.5 Å². The molecule has 0 aliphatic rings. The maximum absolute atomic E-state index is 13.0. The second-order valence-corrected chi connectivity index (χ2v) is 26.9. The van der Waals surface area contributed by atoms with Crippen molar-refractivity contribution in [2.45, 2.75) is 284 Å². The molecule has 6 atom stereocenters. The number of hydrogen-bond donors (Lipinski definition) is 7. The van der Waals surface area contributed by atoms with Crippen LogP contribution in [0.4, 0.5) is 0 Å². The number of nitrogens with one attached hydrogen (secondary N) is 4. The molecule has 0 heterocycles. The Morgan fingerprint density at radius 2 is 0.890 bits per heavy atom. The average Bonchev–Trinajstić information content (AvgIpc) is 0.910. The number of ketones is 2. The number of aliphatic hydroxyl groups excluding tert-OH is 1. The molecule has 23 nitrogen and oxygen atoms in total. The molecule has 0 aromatic rings. The number of esters is 1. The number of carbonyl (C=O) groups is 7. The van der Waals surface area contributed by atoms with E-state index in [0.717, 1.165) is 109 Å². The molecule has 0 saturated heterocycles. The maximum atomic E-state index is 13.0. The predicted molar refractivity (Wildman–Crippen MR) is 404 cm³/mol. The van der Waals surface area contributed by atoms with Crippen LogP contribution in [0.3, 0.4) is 0 Å². The van der Waals surface area contributed by atoms with Gasteiger partial charge in [-0.15, -0.1) is 0 Å². The first-order valence-electron chi connectivity index (χ1n) is 35.8. The van der Waals surface area contributed by atoms with Crippen LogP contribution in [0.5, 0.6) is 0 Å². The zero-order chi connectivity index (χ0) is 72.4. The van der Waals surface area contributed by atoms with Gasteiger partial charge >= 0.3 is 80.7 Å². The van der Waals surface area contributed by atoms with Crippen molar-refractivity contribution in [2.75, 3.05) is 65.9 Å². The van der Waals surface area contributed by atoms with Crippen LogP contribution in [-0.2, 0) is 75.0 Å². The molecule has 580 valence electrons. The average molecular weight is 1490 g/mol. The Balaban J connectivity index is -0.000000448. The van der Waals surface area contributed by atoms with Gasteiger partial charge in [-0.3, -0.25) is 51.7 Å². The smallest absolute Gasteiger partial charge is 1.00 e. The molecule has 0 aromatic carbocycles. The van der Waals surface area contributed by atoms with Crippen molar-refractivity contribution in [3.05, 3.63) is 12.2 Å². The molecule has 0 spiro atoms. The van der Waals surface area contributed by atoms with Crippen LogP contribution in [0, 0.1) is 59.2 Å². The molecule has 0 aromatic heterocycles.